The summed E-state index contributed by atoms with van der Waals surface area (Å²) in [5.74, 6) is 0.659. The predicted molar refractivity (Wildman–Crippen MR) is 76.1 cm³/mol. The first-order chi connectivity index (χ1) is 8.72. The molecule has 4 nitrogen and oxygen atoms in total. The van der Waals surface area contributed by atoms with Gasteiger partial charge in [0.1, 0.15) is 5.01 Å². The predicted octanol–water partition coefficient (Wildman–Crippen LogP) is 3.24. The molecule has 0 aliphatic rings. The fourth-order valence-electron chi connectivity index (χ4n) is 1.52. The third-order valence-electron chi connectivity index (χ3n) is 2.50. The molecule has 0 radical (unpaired) electrons. The molecule has 1 aromatic heterocycles. The van der Waals surface area contributed by atoms with E-state index in [1.165, 1.54) is 19.3 Å². The van der Waals surface area contributed by atoms with Crippen molar-refractivity contribution in [3.05, 3.63) is 5.01 Å². The summed E-state index contributed by atoms with van der Waals surface area (Å²) in [7, 11) is 0. The molecule has 1 aromatic rings. The van der Waals surface area contributed by atoms with Gasteiger partial charge in [-0.15, -0.1) is 10.2 Å². The molecule has 1 heterocycles. The van der Waals surface area contributed by atoms with Crippen LogP contribution in [0.4, 0.5) is 0 Å². The lowest BCUT2D eigenvalue weighted by Crippen LogP contribution is -2.18. The van der Waals surface area contributed by atoms with E-state index in [4.69, 9.17) is 4.74 Å². The topological polar surface area (TPSA) is 47.0 Å². The number of ether oxygens (including phenoxy) is 1. The largest absolute Gasteiger partial charge is 0.469 e. The zero-order chi connectivity index (χ0) is 13.2. The van der Waals surface area contributed by atoms with Gasteiger partial charge in [-0.3, -0.25) is 0 Å². The zero-order valence-electron chi connectivity index (χ0n) is 11.7. The summed E-state index contributed by atoms with van der Waals surface area (Å²) in [5.41, 5.74) is 0. The van der Waals surface area contributed by atoms with Crippen molar-refractivity contribution in [1.29, 1.82) is 0 Å². The lowest BCUT2D eigenvalue weighted by Gasteiger charge is -2.04. The average Bonchev–Trinajstić information content (AvgIpc) is 2.76. The summed E-state index contributed by atoms with van der Waals surface area (Å²) in [5, 5.41) is 13.2. The monoisotopic (exact) mass is 271 g/mol. The van der Waals surface area contributed by atoms with Crippen molar-refractivity contribution < 1.29 is 4.74 Å². The Morgan fingerprint density at radius 1 is 1.22 bits per heavy atom. The van der Waals surface area contributed by atoms with Crippen molar-refractivity contribution in [2.45, 2.75) is 53.0 Å². The average molecular weight is 271 g/mol. The first kappa shape index (κ1) is 15.4. The highest BCUT2D eigenvalue weighted by Crippen LogP contribution is 2.18. The van der Waals surface area contributed by atoms with Crippen LogP contribution in [-0.4, -0.2) is 23.3 Å². The van der Waals surface area contributed by atoms with Gasteiger partial charge < -0.3 is 10.1 Å². The van der Waals surface area contributed by atoms with Crippen LogP contribution in [-0.2, 0) is 6.54 Å². The summed E-state index contributed by atoms with van der Waals surface area (Å²) in [6.07, 6.45) is 4.88. The molecule has 1 rings (SSSR count). The van der Waals surface area contributed by atoms with Gasteiger partial charge in [0.2, 0.25) is 0 Å². The zero-order valence-corrected chi connectivity index (χ0v) is 12.6. The molecule has 0 aliphatic heterocycles. The Labute approximate surface area is 114 Å². The number of hydrogen-bond donors (Lipinski definition) is 1. The first-order valence-electron chi connectivity index (χ1n) is 6.88. The van der Waals surface area contributed by atoms with Crippen LogP contribution in [0.2, 0.25) is 0 Å². The van der Waals surface area contributed by atoms with Gasteiger partial charge in [-0.05, 0) is 18.9 Å². The molecule has 18 heavy (non-hydrogen) atoms. The summed E-state index contributed by atoms with van der Waals surface area (Å²) in [6, 6.07) is 0. The molecule has 104 valence electrons. The van der Waals surface area contributed by atoms with Gasteiger partial charge in [-0.25, -0.2) is 0 Å². The standard InChI is InChI=1S/C13H25N3OS/c1-4-5-6-7-8-17-13-16-15-12(18-13)10-14-9-11(2)3/h11,14H,4-10H2,1-3H3. The number of hydrogen-bond acceptors (Lipinski definition) is 5. The van der Waals surface area contributed by atoms with Gasteiger partial charge in [0.25, 0.3) is 5.19 Å². The molecule has 0 amide bonds. The third kappa shape index (κ3) is 6.91. The highest BCUT2D eigenvalue weighted by molar-refractivity contribution is 7.13. The first-order valence-corrected chi connectivity index (χ1v) is 7.70. The normalized spacial score (nSPS) is 11.1. The van der Waals surface area contributed by atoms with Crippen molar-refractivity contribution in [2.24, 2.45) is 5.92 Å². The van der Waals surface area contributed by atoms with Gasteiger partial charge >= 0.3 is 0 Å². The summed E-state index contributed by atoms with van der Waals surface area (Å²) in [4.78, 5) is 0. The molecule has 0 bridgehead atoms. The number of nitrogens with zero attached hydrogens (tertiary/aromatic N) is 2. The summed E-state index contributed by atoms with van der Waals surface area (Å²) < 4.78 is 5.58. The van der Waals surface area contributed by atoms with Gasteiger partial charge in [-0.1, -0.05) is 51.4 Å². The van der Waals surface area contributed by atoms with Crippen molar-refractivity contribution in [3.8, 4) is 5.19 Å². The van der Waals surface area contributed by atoms with Crippen LogP contribution in [0.15, 0.2) is 0 Å². The van der Waals surface area contributed by atoms with Crippen LogP contribution < -0.4 is 10.1 Å². The lowest BCUT2D eigenvalue weighted by molar-refractivity contribution is 0.301. The fourth-order valence-corrected chi connectivity index (χ4v) is 2.21. The molecule has 0 unspecified atom stereocenters. The van der Waals surface area contributed by atoms with Crippen molar-refractivity contribution >= 4 is 11.3 Å². The Morgan fingerprint density at radius 2 is 2.06 bits per heavy atom. The molecule has 0 aliphatic carbocycles. The maximum Gasteiger partial charge on any atom is 0.294 e. The van der Waals surface area contributed by atoms with E-state index in [1.54, 1.807) is 11.3 Å². The second-order valence-electron chi connectivity index (χ2n) is 4.90. The minimum absolute atomic E-state index is 0.659. The molecule has 5 heteroatoms. The SMILES string of the molecule is CCCCCCOc1nnc(CNCC(C)C)s1. The van der Waals surface area contributed by atoms with E-state index in [0.717, 1.165) is 31.1 Å². The Bertz CT molecular complexity index is 315. The van der Waals surface area contributed by atoms with Crippen LogP contribution in [0.3, 0.4) is 0 Å². The van der Waals surface area contributed by atoms with E-state index in [-0.39, 0.29) is 0 Å². The smallest absolute Gasteiger partial charge is 0.294 e. The molecule has 0 saturated heterocycles. The Kier molecular flexibility index (Phi) is 7.93. The maximum atomic E-state index is 5.58. The molecule has 1 N–H and O–H groups in total. The van der Waals surface area contributed by atoms with Gasteiger partial charge in [0, 0.05) is 6.54 Å². The molecule has 0 fully saturated rings. The summed E-state index contributed by atoms with van der Waals surface area (Å²) >= 11 is 1.54. The van der Waals surface area contributed by atoms with E-state index < -0.39 is 0 Å². The van der Waals surface area contributed by atoms with Crippen LogP contribution in [0.25, 0.3) is 0 Å². The second-order valence-corrected chi connectivity index (χ2v) is 5.92. The lowest BCUT2D eigenvalue weighted by atomic mass is 10.2. The minimum atomic E-state index is 0.659. The number of unbranched alkanes of at least 4 members (excludes halogenated alkanes) is 3. The number of aromatic nitrogens is 2. The van der Waals surface area contributed by atoms with E-state index >= 15 is 0 Å². The van der Waals surface area contributed by atoms with Gasteiger partial charge in [0.05, 0.1) is 6.61 Å². The highest BCUT2D eigenvalue weighted by atomic mass is 32.1. The van der Waals surface area contributed by atoms with E-state index in [2.05, 4.69) is 36.3 Å². The highest BCUT2D eigenvalue weighted by Gasteiger charge is 2.04. The van der Waals surface area contributed by atoms with Crippen LogP contribution in [0, 0.1) is 5.92 Å². The summed E-state index contributed by atoms with van der Waals surface area (Å²) in [6.45, 7) is 9.15. The minimum Gasteiger partial charge on any atom is -0.469 e. The maximum absolute atomic E-state index is 5.58. The molecule has 0 aromatic carbocycles. The van der Waals surface area contributed by atoms with Crippen LogP contribution >= 0.6 is 11.3 Å². The second kappa shape index (κ2) is 9.28. The number of nitrogens with one attached hydrogen (secondary N) is 1. The van der Waals surface area contributed by atoms with E-state index in [1.807, 2.05) is 0 Å². The van der Waals surface area contributed by atoms with E-state index in [9.17, 15) is 0 Å². The van der Waals surface area contributed by atoms with Crippen molar-refractivity contribution in [1.82, 2.24) is 15.5 Å². The van der Waals surface area contributed by atoms with Crippen molar-refractivity contribution in [2.75, 3.05) is 13.2 Å². The molecule has 0 atom stereocenters. The Morgan fingerprint density at radius 3 is 2.78 bits per heavy atom. The van der Waals surface area contributed by atoms with Crippen LogP contribution in [0.1, 0.15) is 51.5 Å². The van der Waals surface area contributed by atoms with Gasteiger partial charge in [-0.2, -0.15) is 0 Å². The van der Waals surface area contributed by atoms with Crippen LogP contribution in [0.5, 0.6) is 5.19 Å². The molecule has 0 saturated carbocycles. The Hall–Kier alpha value is -0.680. The fraction of sp³-hybridized carbons (Fsp3) is 0.846. The molecular weight excluding hydrogens is 246 g/mol. The number of rotatable bonds is 10. The third-order valence-corrected chi connectivity index (χ3v) is 3.34. The van der Waals surface area contributed by atoms with E-state index in [0.29, 0.717) is 11.1 Å². The Balaban J connectivity index is 2.13. The molecule has 0 spiro atoms. The van der Waals surface area contributed by atoms with Crippen molar-refractivity contribution in [3.63, 3.8) is 0 Å². The molecular formula is C13H25N3OS. The van der Waals surface area contributed by atoms with Gasteiger partial charge in [0.15, 0.2) is 0 Å². The quantitative estimate of drug-likeness (QED) is 0.664.